The van der Waals surface area contributed by atoms with Crippen LogP contribution >= 0.6 is 0 Å². The van der Waals surface area contributed by atoms with Crippen LogP contribution in [0.25, 0.3) is 0 Å². The van der Waals surface area contributed by atoms with Gasteiger partial charge in [-0.1, -0.05) is 13.8 Å². The molecule has 0 aliphatic heterocycles. The van der Waals surface area contributed by atoms with Gasteiger partial charge in [-0.15, -0.1) is 5.10 Å². The second kappa shape index (κ2) is 5.29. The van der Waals surface area contributed by atoms with Crippen LogP contribution in [-0.2, 0) is 11.2 Å². The summed E-state index contributed by atoms with van der Waals surface area (Å²) in [6.45, 7) is 4.00. The van der Waals surface area contributed by atoms with Crippen molar-refractivity contribution in [3.8, 4) is 0 Å². The molecule has 0 amide bonds. The number of rotatable bonds is 5. The average molecular weight is 209 g/mol. The Morgan fingerprint density at radius 1 is 1.53 bits per heavy atom. The molecule has 1 atom stereocenters. The number of carboxylic acid groups (broad SMARTS) is 1. The molecule has 1 unspecified atom stereocenters. The average Bonchev–Trinajstić information content (AvgIpc) is 2.26. The van der Waals surface area contributed by atoms with Crippen molar-refractivity contribution in [2.24, 2.45) is 5.92 Å². The van der Waals surface area contributed by atoms with E-state index in [1.54, 1.807) is 13.0 Å². The summed E-state index contributed by atoms with van der Waals surface area (Å²) < 4.78 is 0. The minimum absolute atomic E-state index is 0.357. The van der Waals surface area contributed by atoms with Gasteiger partial charge in [0.15, 0.2) is 0 Å². The zero-order valence-electron chi connectivity index (χ0n) is 8.90. The van der Waals surface area contributed by atoms with E-state index in [9.17, 15) is 4.79 Å². The van der Waals surface area contributed by atoms with Crippen LogP contribution in [0.5, 0.6) is 0 Å². The molecular formula is C10H15N3O2. The summed E-state index contributed by atoms with van der Waals surface area (Å²) in [5.41, 5.74) is 0.923. The Bertz CT molecular complexity index is 324. The van der Waals surface area contributed by atoms with Gasteiger partial charge in [-0.05, 0) is 18.6 Å². The first-order chi connectivity index (χ1) is 7.13. The maximum absolute atomic E-state index is 10.5. The highest BCUT2D eigenvalue weighted by atomic mass is 16.4. The fourth-order valence-electron chi connectivity index (χ4n) is 0.988. The number of carboxylic acids is 1. The van der Waals surface area contributed by atoms with E-state index in [1.807, 2.05) is 13.0 Å². The van der Waals surface area contributed by atoms with E-state index >= 15 is 0 Å². The minimum atomic E-state index is -0.819. The van der Waals surface area contributed by atoms with Crippen LogP contribution in [0.1, 0.15) is 19.5 Å². The Hall–Kier alpha value is -1.65. The van der Waals surface area contributed by atoms with Gasteiger partial charge in [0.05, 0.1) is 11.6 Å². The number of aryl methyl sites for hydroxylation is 1. The second-order valence-corrected chi connectivity index (χ2v) is 3.38. The molecule has 82 valence electrons. The van der Waals surface area contributed by atoms with E-state index < -0.39 is 11.9 Å². The summed E-state index contributed by atoms with van der Waals surface area (Å²) in [6.07, 6.45) is 0.846. The number of anilines is 1. The zero-order chi connectivity index (χ0) is 11.3. The molecule has 0 radical (unpaired) electrons. The van der Waals surface area contributed by atoms with E-state index in [4.69, 9.17) is 5.11 Å². The summed E-state index contributed by atoms with van der Waals surface area (Å²) in [4.78, 5) is 10.5. The lowest BCUT2D eigenvalue weighted by atomic mass is 10.2. The van der Waals surface area contributed by atoms with Gasteiger partial charge in [-0.2, -0.15) is 5.10 Å². The molecule has 1 aromatic rings. The lowest BCUT2D eigenvalue weighted by molar-refractivity contribution is -0.140. The van der Waals surface area contributed by atoms with Crippen LogP contribution in [0.2, 0.25) is 0 Å². The largest absolute Gasteiger partial charge is 0.481 e. The number of carbonyl (C=O) groups is 1. The number of aromatic nitrogens is 2. The molecule has 0 bridgehead atoms. The van der Waals surface area contributed by atoms with Crippen molar-refractivity contribution in [3.63, 3.8) is 0 Å². The summed E-state index contributed by atoms with van der Waals surface area (Å²) in [6, 6.07) is 3.68. The van der Waals surface area contributed by atoms with Gasteiger partial charge in [-0.3, -0.25) is 4.79 Å². The molecule has 0 aromatic carbocycles. The molecule has 0 saturated carbocycles. The molecule has 1 aromatic heterocycles. The normalized spacial score (nSPS) is 12.1. The van der Waals surface area contributed by atoms with Crippen molar-refractivity contribution < 1.29 is 9.90 Å². The van der Waals surface area contributed by atoms with E-state index in [2.05, 4.69) is 15.5 Å². The molecular weight excluding hydrogens is 194 g/mol. The number of aliphatic carboxylic acids is 1. The van der Waals surface area contributed by atoms with E-state index in [1.165, 1.54) is 0 Å². The van der Waals surface area contributed by atoms with Gasteiger partial charge in [0, 0.05) is 6.54 Å². The number of hydrogen-bond acceptors (Lipinski definition) is 4. The summed E-state index contributed by atoms with van der Waals surface area (Å²) >= 11 is 0. The zero-order valence-corrected chi connectivity index (χ0v) is 8.90. The van der Waals surface area contributed by atoms with Crippen LogP contribution in [0.15, 0.2) is 12.1 Å². The Labute approximate surface area is 88.5 Å². The fourth-order valence-corrected chi connectivity index (χ4v) is 0.988. The number of nitrogens with zero attached hydrogens (tertiary/aromatic N) is 2. The molecule has 1 rings (SSSR count). The molecule has 0 spiro atoms. The molecule has 1 heterocycles. The minimum Gasteiger partial charge on any atom is -0.481 e. The smallest absolute Gasteiger partial charge is 0.308 e. The third-order valence-corrected chi connectivity index (χ3v) is 2.09. The van der Waals surface area contributed by atoms with Crippen molar-refractivity contribution in [2.45, 2.75) is 20.3 Å². The highest BCUT2D eigenvalue weighted by Crippen LogP contribution is 2.04. The van der Waals surface area contributed by atoms with Gasteiger partial charge in [0.2, 0.25) is 0 Å². The maximum atomic E-state index is 10.5. The van der Waals surface area contributed by atoms with Crippen molar-refractivity contribution in [1.29, 1.82) is 0 Å². The van der Waals surface area contributed by atoms with Crippen LogP contribution in [0.3, 0.4) is 0 Å². The van der Waals surface area contributed by atoms with Crippen molar-refractivity contribution in [1.82, 2.24) is 10.2 Å². The monoisotopic (exact) mass is 209 g/mol. The Balaban J connectivity index is 2.47. The van der Waals surface area contributed by atoms with Crippen molar-refractivity contribution in [3.05, 3.63) is 17.8 Å². The molecule has 0 aliphatic rings. The van der Waals surface area contributed by atoms with E-state index in [0.717, 1.165) is 12.1 Å². The first kappa shape index (κ1) is 11.4. The van der Waals surface area contributed by atoms with Crippen molar-refractivity contribution in [2.75, 3.05) is 11.9 Å². The highest BCUT2D eigenvalue weighted by molar-refractivity contribution is 5.70. The van der Waals surface area contributed by atoms with Crippen molar-refractivity contribution >= 4 is 11.8 Å². The van der Waals surface area contributed by atoms with Gasteiger partial charge in [-0.25, -0.2) is 0 Å². The number of hydrogen-bond donors (Lipinski definition) is 2. The van der Waals surface area contributed by atoms with Gasteiger partial charge in [0.25, 0.3) is 0 Å². The molecule has 5 heteroatoms. The van der Waals surface area contributed by atoms with Crippen LogP contribution < -0.4 is 5.32 Å². The van der Waals surface area contributed by atoms with Crippen LogP contribution in [-0.4, -0.2) is 27.8 Å². The lowest BCUT2D eigenvalue weighted by Crippen LogP contribution is -2.20. The van der Waals surface area contributed by atoms with Gasteiger partial charge in [0.1, 0.15) is 5.82 Å². The molecule has 2 N–H and O–H groups in total. The Morgan fingerprint density at radius 3 is 2.73 bits per heavy atom. The standard InChI is InChI=1S/C10H15N3O2/c1-3-8-4-5-9(13-12-8)11-6-7(2)10(14)15/h4-5,7H,3,6H2,1-2H3,(H,11,13)(H,14,15). The predicted molar refractivity (Wildman–Crippen MR) is 56.7 cm³/mol. The highest BCUT2D eigenvalue weighted by Gasteiger charge is 2.10. The lowest BCUT2D eigenvalue weighted by Gasteiger charge is -2.08. The third kappa shape index (κ3) is 3.53. The first-order valence-corrected chi connectivity index (χ1v) is 4.92. The van der Waals surface area contributed by atoms with Gasteiger partial charge >= 0.3 is 5.97 Å². The summed E-state index contributed by atoms with van der Waals surface area (Å²) in [5.74, 6) is -0.640. The third-order valence-electron chi connectivity index (χ3n) is 2.09. The molecule has 5 nitrogen and oxygen atoms in total. The Morgan fingerprint density at radius 2 is 2.27 bits per heavy atom. The van der Waals surface area contributed by atoms with Crippen LogP contribution in [0.4, 0.5) is 5.82 Å². The summed E-state index contributed by atoms with van der Waals surface area (Å²) in [7, 11) is 0. The molecule has 0 saturated heterocycles. The summed E-state index contributed by atoms with van der Waals surface area (Å²) in [5, 5.41) is 19.5. The fraction of sp³-hybridized carbons (Fsp3) is 0.500. The Kier molecular flexibility index (Phi) is 4.03. The van der Waals surface area contributed by atoms with E-state index in [0.29, 0.717) is 12.4 Å². The molecule has 15 heavy (non-hydrogen) atoms. The van der Waals surface area contributed by atoms with E-state index in [-0.39, 0.29) is 0 Å². The first-order valence-electron chi connectivity index (χ1n) is 4.92. The molecule has 0 aliphatic carbocycles. The van der Waals surface area contributed by atoms with Gasteiger partial charge < -0.3 is 10.4 Å². The van der Waals surface area contributed by atoms with Crippen LogP contribution in [0, 0.1) is 5.92 Å². The SMILES string of the molecule is CCc1ccc(NCC(C)C(=O)O)nn1. The second-order valence-electron chi connectivity index (χ2n) is 3.38. The predicted octanol–water partition coefficient (Wildman–Crippen LogP) is 1.17. The quantitative estimate of drug-likeness (QED) is 0.761. The molecule has 0 fully saturated rings. The number of nitrogens with one attached hydrogen (secondary N) is 1. The topological polar surface area (TPSA) is 75.1 Å². The maximum Gasteiger partial charge on any atom is 0.308 e.